The zero-order valence-corrected chi connectivity index (χ0v) is 15.0. The number of aromatic amines is 1. The Balaban J connectivity index is 1.51. The zero-order valence-electron chi connectivity index (χ0n) is 15.0. The molecule has 3 aromatic heterocycles. The molecule has 0 bridgehead atoms. The van der Waals surface area contributed by atoms with Crippen LogP contribution in [0.5, 0.6) is 0 Å². The van der Waals surface area contributed by atoms with Gasteiger partial charge in [-0.25, -0.2) is 23.1 Å². The average molecular weight is 383 g/mol. The van der Waals surface area contributed by atoms with E-state index in [1.807, 2.05) is 29.7 Å². The molecule has 3 heterocycles. The van der Waals surface area contributed by atoms with Crippen molar-refractivity contribution in [1.82, 2.24) is 24.6 Å². The van der Waals surface area contributed by atoms with E-state index in [0.717, 1.165) is 34.5 Å². The van der Waals surface area contributed by atoms with Gasteiger partial charge in [-0.3, -0.25) is 5.10 Å². The third-order valence-electron chi connectivity index (χ3n) is 5.31. The van der Waals surface area contributed by atoms with E-state index in [1.165, 1.54) is 0 Å². The van der Waals surface area contributed by atoms with Crippen LogP contribution < -0.4 is 0 Å². The molecule has 1 N–H and O–H groups in total. The molecule has 5 nitrogen and oxygen atoms in total. The van der Waals surface area contributed by atoms with E-state index in [-0.39, 0.29) is 11.5 Å². The molecule has 1 aliphatic carbocycles. The molecule has 0 amide bonds. The fourth-order valence-corrected chi connectivity index (χ4v) is 3.95. The second kappa shape index (κ2) is 6.19. The van der Waals surface area contributed by atoms with E-state index in [9.17, 15) is 13.2 Å². The SMILES string of the molecule is Cc1nc(-c2ccn3c4c(nc3c2)CC(c2cc(F)c(F)cc2F)CC4)n[nH]1. The van der Waals surface area contributed by atoms with Crippen molar-refractivity contribution in [2.75, 3.05) is 0 Å². The van der Waals surface area contributed by atoms with Crippen molar-refractivity contribution in [3.8, 4) is 11.4 Å². The van der Waals surface area contributed by atoms with Gasteiger partial charge in [-0.1, -0.05) is 0 Å². The second-order valence-corrected chi connectivity index (χ2v) is 7.12. The van der Waals surface area contributed by atoms with Gasteiger partial charge in [0.1, 0.15) is 17.3 Å². The molecule has 0 radical (unpaired) electrons. The van der Waals surface area contributed by atoms with Gasteiger partial charge in [0.15, 0.2) is 17.5 Å². The molecule has 0 aliphatic heterocycles. The lowest BCUT2D eigenvalue weighted by Gasteiger charge is -2.22. The summed E-state index contributed by atoms with van der Waals surface area (Å²) in [6.07, 6.45) is 3.73. The molecule has 5 rings (SSSR count). The van der Waals surface area contributed by atoms with Crippen LogP contribution in [0.1, 0.15) is 35.1 Å². The Bertz CT molecular complexity index is 1210. The number of hydrogen-bond donors (Lipinski definition) is 1. The van der Waals surface area contributed by atoms with E-state index in [0.29, 0.717) is 31.2 Å². The first-order valence-electron chi connectivity index (χ1n) is 9.03. The van der Waals surface area contributed by atoms with Gasteiger partial charge in [-0.15, -0.1) is 0 Å². The van der Waals surface area contributed by atoms with E-state index in [1.54, 1.807) is 0 Å². The van der Waals surface area contributed by atoms with Crippen LogP contribution in [0.4, 0.5) is 13.2 Å². The van der Waals surface area contributed by atoms with Gasteiger partial charge in [0.05, 0.1) is 5.69 Å². The largest absolute Gasteiger partial charge is 0.304 e. The fraction of sp³-hybridized carbons (Fsp3) is 0.250. The van der Waals surface area contributed by atoms with Gasteiger partial charge in [-0.05, 0) is 55.9 Å². The van der Waals surface area contributed by atoms with E-state index < -0.39 is 17.5 Å². The van der Waals surface area contributed by atoms with Crippen LogP contribution in [0.15, 0.2) is 30.5 Å². The summed E-state index contributed by atoms with van der Waals surface area (Å²) >= 11 is 0. The fourth-order valence-electron chi connectivity index (χ4n) is 3.95. The van der Waals surface area contributed by atoms with Crippen molar-refractivity contribution in [1.29, 1.82) is 0 Å². The summed E-state index contributed by atoms with van der Waals surface area (Å²) in [5.41, 5.74) is 3.73. The molecule has 0 spiro atoms. The molecule has 1 unspecified atom stereocenters. The quantitative estimate of drug-likeness (QED) is 0.530. The van der Waals surface area contributed by atoms with Gasteiger partial charge in [0, 0.05) is 23.5 Å². The number of H-pyrrole nitrogens is 1. The topological polar surface area (TPSA) is 58.9 Å². The van der Waals surface area contributed by atoms with Crippen LogP contribution >= 0.6 is 0 Å². The number of aryl methyl sites for hydroxylation is 2. The predicted molar refractivity (Wildman–Crippen MR) is 96.4 cm³/mol. The van der Waals surface area contributed by atoms with Crippen molar-refractivity contribution in [3.63, 3.8) is 0 Å². The number of hydrogen-bond acceptors (Lipinski definition) is 3. The van der Waals surface area contributed by atoms with Crippen molar-refractivity contribution >= 4 is 5.65 Å². The van der Waals surface area contributed by atoms with Gasteiger partial charge < -0.3 is 4.40 Å². The maximum Gasteiger partial charge on any atom is 0.181 e. The Labute approximate surface area is 158 Å². The Morgan fingerprint density at radius 2 is 1.89 bits per heavy atom. The summed E-state index contributed by atoms with van der Waals surface area (Å²) in [6, 6.07) is 5.43. The normalized spacial score (nSPS) is 16.5. The predicted octanol–water partition coefficient (Wildman–Crippen LogP) is 4.12. The number of nitrogens with one attached hydrogen (secondary N) is 1. The van der Waals surface area contributed by atoms with Gasteiger partial charge in [-0.2, -0.15) is 5.10 Å². The Morgan fingerprint density at radius 3 is 2.68 bits per heavy atom. The molecule has 1 aliphatic rings. The minimum Gasteiger partial charge on any atom is -0.304 e. The third kappa shape index (κ3) is 2.67. The minimum atomic E-state index is -1.17. The molecule has 8 heteroatoms. The number of halogens is 3. The summed E-state index contributed by atoms with van der Waals surface area (Å²) in [5.74, 6) is -1.80. The lowest BCUT2D eigenvalue weighted by Crippen LogP contribution is -2.15. The molecule has 1 atom stereocenters. The number of imidazole rings is 1. The molecule has 142 valence electrons. The van der Waals surface area contributed by atoms with Crippen LogP contribution in [-0.2, 0) is 12.8 Å². The molecular formula is C20H16F3N5. The first-order valence-corrected chi connectivity index (χ1v) is 9.03. The summed E-state index contributed by atoms with van der Waals surface area (Å²) in [7, 11) is 0. The van der Waals surface area contributed by atoms with Gasteiger partial charge in [0.25, 0.3) is 0 Å². The number of rotatable bonds is 2. The lowest BCUT2D eigenvalue weighted by molar-refractivity contribution is 0.473. The molecule has 0 saturated heterocycles. The molecular weight excluding hydrogens is 367 g/mol. The summed E-state index contributed by atoms with van der Waals surface area (Å²) in [6.45, 7) is 1.83. The van der Waals surface area contributed by atoms with Crippen LogP contribution in [0.2, 0.25) is 0 Å². The zero-order chi connectivity index (χ0) is 19.4. The van der Waals surface area contributed by atoms with Crippen LogP contribution in [0.25, 0.3) is 17.0 Å². The second-order valence-electron chi connectivity index (χ2n) is 7.12. The van der Waals surface area contributed by atoms with Crippen molar-refractivity contribution in [2.24, 2.45) is 0 Å². The highest BCUT2D eigenvalue weighted by Crippen LogP contribution is 2.35. The summed E-state index contributed by atoms with van der Waals surface area (Å²) < 4.78 is 43.0. The van der Waals surface area contributed by atoms with Crippen LogP contribution in [-0.4, -0.2) is 24.6 Å². The Morgan fingerprint density at radius 1 is 1.07 bits per heavy atom. The van der Waals surface area contributed by atoms with E-state index in [4.69, 9.17) is 4.98 Å². The number of aromatic nitrogens is 5. The number of fused-ring (bicyclic) bond motifs is 3. The van der Waals surface area contributed by atoms with E-state index >= 15 is 0 Å². The third-order valence-corrected chi connectivity index (χ3v) is 5.31. The van der Waals surface area contributed by atoms with Crippen LogP contribution in [0.3, 0.4) is 0 Å². The monoisotopic (exact) mass is 383 g/mol. The number of benzene rings is 1. The Kier molecular flexibility index (Phi) is 3.75. The van der Waals surface area contributed by atoms with Crippen molar-refractivity contribution < 1.29 is 13.2 Å². The van der Waals surface area contributed by atoms with Crippen molar-refractivity contribution in [2.45, 2.75) is 32.1 Å². The smallest absolute Gasteiger partial charge is 0.181 e. The first kappa shape index (κ1) is 17.0. The van der Waals surface area contributed by atoms with Gasteiger partial charge in [0.2, 0.25) is 0 Å². The highest BCUT2D eigenvalue weighted by atomic mass is 19.2. The van der Waals surface area contributed by atoms with Crippen LogP contribution in [0, 0.1) is 24.4 Å². The minimum absolute atomic E-state index is 0.207. The molecule has 28 heavy (non-hydrogen) atoms. The number of nitrogens with zero attached hydrogens (tertiary/aromatic N) is 4. The molecule has 1 aromatic carbocycles. The van der Waals surface area contributed by atoms with E-state index in [2.05, 4.69) is 15.2 Å². The maximum absolute atomic E-state index is 14.2. The summed E-state index contributed by atoms with van der Waals surface area (Å²) in [5, 5.41) is 6.99. The average Bonchev–Trinajstić information content (AvgIpc) is 3.26. The number of pyridine rings is 1. The first-order chi connectivity index (χ1) is 13.5. The summed E-state index contributed by atoms with van der Waals surface area (Å²) in [4.78, 5) is 9.03. The molecule has 0 fully saturated rings. The molecule has 4 aromatic rings. The maximum atomic E-state index is 14.2. The van der Waals surface area contributed by atoms with Gasteiger partial charge >= 0.3 is 0 Å². The van der Waals surface area contributed by atoms with Crippen molar-refractivity contribution in [3.05, 3.63) is 70.7 Å². The highest BCUT2D eigenvalue weighted by molar-refractivity contribution is 5.62. The highest BCUT2D eigenvalue weighted by Gasteiger charge is 2.27. The standard InChI is InChI=1S/C20H16F3N5/c1-10-24-20(27-26-10)12-4-5-28-18-3-2-11(6-17(18)25-19(28)7-12)13-8-15(22)16(23)9-14(13)21/h4-5,7-9,11H,2-3,6H2,1H3,(H,24,26,27). The molecule has 0 saturated carbocycles. The Hall–Kier alpha value is -3.16. The lowest BCUT2D eigenvalue weighted by atomic mass is 9.84.